The van der Waals surface area contributed by atoms with Crippen LogP contribution >= 0.6 is 0 Å². The molecule has 2 aliphatic heterocycles. The van der Waals surface area contributed by atoms with Crippen molar-refractivity contribution in [2.75, 3.05) is 33.4 Å². The van der Waals surface area contributed by atoms with Crippen molar-refractivity contribution in [2.24, 2.45) is 4.99 Å². The SMILES string of the molecule is CN=C(NCc1cccc(C#N)c1)N1CCC(OCC2CCCO2)CC1. The summed E-state index contributed by atoms with van der Waals surface area (Å²) in [5.41, 5.74) is 1.77. The van der Waals surface area contributed by atoms with Crippen LogP contribution in [0.3, 0.4) is 0 Å². The molecule has 6 heteroatoms. The molecule has 3 rings (SSSR count). The minimum absolute atomic E-state index is 0.298. The van der Waals surface area contributed by atoms with Crippen LogP contribution in [-0.4, -0.2) is 56.4 Å². The number of benzene rings is 1. The van der Waals surface area contributed by atoms with Gasteiger partial charge in [-0.15, -0.1) is 0 Å². The van der Waals surface area contributed by atoms with Crippen LogP contribution in [0, 0.1) is 11.3 Å². The van der Waals surface area contributed by atoms with E-state index in [4.69, 9.17) is 14.7 Å². The van der Waals surface area contributed by atoms with Crippen LogP contribution < -0.4 is 5.32 Å². The lowest BCUT2D eigenvalue weighted by Gasteiger charge is -2.34. The third-order valence-electron chi connectivity index (χ3n) is 5.00. The van der Waals surface area contributed by atoms with Crippen LogP contribution in [0.5, 0.6) is 0 Å². The van der Waals surface area contributed by atoms with Gasteiger partial charge in [-0.3, -0.25) is 4.99 Å². The number of nitrogens with one attached hydrogen (secondary N) is 1. The highest BCUT2D eigenvalue weighted by molar-refractivity contribution is 5.80. The lowest BCUT2D eigenvalue weighted by atomic mass is 10.1. The van der Waals surface area contributed by atoms with E-state index < -0.39 is 0 Å². The number of aliphatic imine (C=N–C) groups is 1. The number of rotatable bonds is 5. The van der Waals surface area contributed by atoms with Crippen molar-refractivity contribution >= 4 is 5.96 Å². The Kier molecular flexibility index (Phi) is 6.87. The van der Waals surface area contributed by atoms with E-state index >= 15 is 0 Å². The summed E-state index contributed by atoms with van der Waals surface area (Å²) < 4.78 is 11.7. The lowest BCUT2D eigenvalue weighted by Crippen LogP contribution is -2.47. The van der Waals surface area contributed by atoms with E-state index in [1.54, 1.807) is 0 Å². The van der Waals surface area contributed by atoms with Crippen LogP contribution in [-0.2, 0) is 16.0 Å². The second-order valence-electron chi connectivity index (χ2n) is 6.87. The zero-order valence-electron chi connectivity index (χ0n) is 15.5. The normalized spacial score (nSPS) is 21.6. The maximum atomic E-state index is 9.01. The van der Waals surface area contributed by atoms with Crippen LogP contribution in [0.4, 0.5) is 0 Å². The molecule has 0 aliphatic carbocycles. The molecule has 1 N–H and O–H groups in total. The monoisotopic (exact) mass is 356 g/mol. The minimum Gasteiger partial charge on any atom is -0.376 e. The van der Waals surface area contributed by atoms with Crippen molar-refractivity contribution in [2.45, 2.75) is 44.4 Å². The van der Waals surface area contributed by atoms with Gasteiger partial charge in [0, 0.05) is 33.3 Å². The number of ether oxygens (including phenoxy) is 2. The first kappa shape index (κ1) is 18.7. The number of nitrogens with zero attached hydrogens (tertiary/aromatic N) is 3. The molecule has 0 radical (unpaired) electrons. The molecule has 2 aliphatic rings. The van der Waals surface area contributed by atoms with Crippen LogP contribution in [0.15, 0.2) is 29.3 Å². The first-order chi connectivity index (χ1) is 12.8. The molecule has 2 fully saturated rings. The third kappa shape index (κ3) is 5.20. The molecule has 0 aromatic heterocycles. The Bertz CT molecular complexity index is 641. The fourth-order valence-electron chi connectivity index (χ4n) is 3.52. The topological polar surface area (TPSA) is 69.9 Å². The molecule has 140 valence electrons. The number of piperidine rings is 1. The zero-order valence-corrected chi connectivity index (χ0v) is 15.5. The van der Waals surface area contributed by atoms with Crippen molar-refractivity contribution in [1.82, 2.24) is 10.2 Å². The summed E-state index contributed by atoms with van der Waals surface area (Å²) in [5.74, 6) is 0.907. The van der Waals surface area contributed by atoms with E-state index in [1.165, 1.54) is 0 Å². The summed E-state index contributed by atoms with van der Waals surface area (Å²) in [6.07, 6.45) is 4.93. The van der Waals surface area contributed by atoms with Crippen molar-refractivity contribution in [3.8, 4) is 6.07 Å². The third-order valence-corrected chi connectivity index (χ3v) is 5.00. The molecular formula is C20H28N4O2. The van der Waals surface area contributed by atoms with Gasteiger partial charge >= 0.3 is 0 Å². The maximum Gasteiger partial charge on any atom is 0.193 e. The van der Waals surface area contributed by atoms with Gasteiger partial charge < -0.3 is 19.7 Å². The Morgan fingerprint density at radius 2 is 2.23 bits per heavy atom. The van der Waals surface area contributed by atoms with Crippen molar-refractivity contribution < 1.29 is 9.47 Å². The van der Waals surface area contributed by atoms with Crippen molar-refractivity contribution in [3.63, 3.8) is 0 Å². The standard InChI is InChI=1S/C20H28N4O2/c1-22-20(23-14-17-5-2-4-16(12-17)13-21)24-9-7-18(8-10-24)26-15-19-6-3-11-25-19/h2,4-5,12,18-19H,3,6-11,14-15H2,1H3,(H,22,23). The highest BCUT2D eigenvalue weighted by Crippen LogP contribution is 2.18. The van der Waals surface area contributed by atoms with Gasteiger partial charge in [-0.2, -0.15) is 5.26 Å². The molecular weight excluding hydrogens is 328 g/mol. The molecule has 6 nitrogen and oxygen atoms in total. The summed E-state index contributed by atoms with van der Waals surface area (Å²) in [6, 6.07) is 9.84. The fourth-order valence-corrected chi connectivity index (χ4v) is 3.52. The predicted molar refractivity (Wildman–Crippen MR) is 101 cm³/mol. The minimum atomic E-state index is 0.298. The smallest absolute Gasteiger partial charge is 0.193 e. The molecule has 0 saturated carbocycles. The average molecular weight is 356 g/mol. The Balaban J connectivity index is 1.42. The molecule has 26 heavy (non-hydrogen) atoms. The maximum absolute atomic E-state index is 9.01. The molecule has 1 atom stereocenters. The second kappa shape index (κ2) is 9.56. The summed E-state index contributed by atoms with van der Waals surface area (Å²) in [5, 5.41) is 12.4. The van der Waals surface area contributed by atoms with E-state index in [-0.39, 0.29) is 0 Å². The largest absolute Gasteiger partial charge is 0.376 e. The van der Waals surface area contributed by atoms with Gasteiger partial charge in [0.15, 0.2) is 5.96 Å². The average Bonchev–Trinajstić information content (AvgIpc) is 3.21. The molecule has 1 unspecified atom stereocenters. The first-order valence-corrected chi connectivity index (χ1v) is 9.46. The van der Waals surface area contributed by atoms with Crippen LogP contribution in [0.2, 0.25) is 0 Å². The van der Waals surface area contributed by atoms with E-state index in [2.05, 4.69) is 21.3 Å². The Hall–Kier alpha value is -2.10. The van der Waals surface area contributed by atoms with E-state index in [0.29, 0.717) is 24.3 Å². The van der Waals surface area contributed by atoms with E-state index in [0.717, 1.165) is 63.5 Å². The Morgan fingerprint density at radius 3 is 2.92 bits per heavy atom. The predicted octanol–water partition coefficient (Wildman–Crippen LogP) is 2.29. The quantitative estimate of drug-likeness (QED) is 0.647. The highest BCUT2D eigenvalue weighted by Gasteiger charge is 2.24. The molecule has 2 saturated heterocycles. The summed E-state index contributed by atoms with van der Waals surface area (Å²) in [4.78, 5) is 6.69. The van der Waals surface area contributed by atoms with Crippen LogP contribution in [0.1, 0.15) is 36.8 Å². The Morgan fingerprint density at radius 1 is 1.38 bits per heavy atom. The van der Waals surface area contributed by atoms with Gasteiger partial charge in [-0.1, -0.05) is 12.1 Å². The molecule has 2 heterocycles. The number of likely N-dealkylation sites (tertiary alicyclic amines) is 1. The van der Waals surface area contributed by atoms with Crippen molar-refractivity contribution in [1.29, 1.82) is 5.26 Å². The summed E-state index contributed by atoms with van der Waals surface area (Å²) >= 11 is 0. The van der Waals surface area contributed by atoms with Gasteiger partial charge in [0.2, 0.25) is 0 Å². The summed E-state index contributed by atoms with van der Waals surface area (Å²) in [6.45, 7) is 4.15. The van der Waals surface area contributed by atoms with Gasteiger partial charge in [0.1, 0.15) is 0 Å². The van der Waals surface area contributed by atoms with Gasteiger partial charge in [-0.25, -0.2) is 0 Å². The second-order valence-corrected chi connectivity index (χ2v) is 6.87. The van der Waals surface area contributed by atoms with Gasteiger partial charge in [0.25, 0.3) is 0 Å². The van der Waals surface area contributed by atoms with Crippen LogP contribution in [0.25, 0.3) is 0 Å². The van der Waals surface area contributed by atoms with Gasteiger partial charge in [-0.05, 0) is 43.4 Å². The van der Waals surface area contributed by atoms with Gasteiger partial charge in [0.05, 0.1) is 30.4 Å². The highest BCUT2D eigenvalue weighted by atomic mass is 16.5. The van der Waals surface area contributed by atoms with E-state index in [1.807, 2.05) is 31.3 Å². The molecule has 1 aromatic rings. The van der Waals surface area contributed by atoms with E-state index in [9.17, 15) is 0 Å². The number of nitriles is 1. The molecule has 0 spiro atoms. The summed E-state index contributed by atoms with van der Waals surface area (Å²) in [7, 11) is 1.81. The number of guanidine groups is 1. The molecule has 0 amide bonds. The Labute approximate surface area is 155 Å². The first-order valence-electron chi connectivity index (χ1n) is 9.46. The lowest BCUT2D eigenvalue weighted by molar-refractivity contribution is -0.0367. The fraction of sp³-hybridized carbons (Fsp3) is 0.600. The zero-order chi connectivity index (χ0) is 18.2. The molecule has 0 bridgehead atoms. The molecule has 1 aromatic carbocycles. The number of hydrogen-bond acceptors (Lipinski definition) is 4. The van der Waals surface area contributed by atoms with Crippen molar-refractivity contribution in [3.05, 3.63) is 35.4 Å². The number of hydrogen-bond donors (Lipinski definition) is 1.